The number of aryl methyl sites for hydroxylation is 2. The van der Waals surface area contributed by atoms with Gasteiger partial charge in [-0.3, -0.25) is 14.6 Å². The van der Waals surface area contributed by atoms with E-state index in [2.05, 4.69) is 41.7 Å². The second-order valence-electron chi connectivity index (χ2n) is 11.3. The molecule has 249 valence electrons. The van der Waals surface area contributed by atoms with E-state index in [1.165, 1.54) is 31.1 Å². The van der Waals surface area contributed by atoms with Crippen LogP contribution in [0.1, 0.15) is 30.5 Å². The Morgan fingerprint density at radius 1 is 0.898 bits per heavy atom. The van der Waals surface area contributed by atoms with Crippen LogP contribution in [0.2, 0.25) is 0 Å². The number of aliphatic hydroxyl groups excluding tert-OH is 1. The van der Waals surface area contributed by atoms with E-state index in [0.717, 1.165) is 46.0 Å². The number of nitrogens with zero attached hydrogens (tertiary/aromatic N) is 2. The van der Waals surface area contributed by atoms with Gasteiger partial charge >= 0.3 is 0 Å². The van der Waals surface area contributed by atoms with Crippen LogP contribution in [0.25, 0.3) is 44.5 Å². The average Bonchev–Trinajstić information content (AvgIpc) is 3.08. The summed E-state index contributed by atoms with van der Waals surface area (Å²) in [5, 5.41) is 9.50. The monoisotopic (exact) mass is 828 g/mol. The van der Waals surface area contributed by atoms with Crippen LogP contribution < -0.4 is 10.2 Å². The van der Waals surface area contributed by atoms with E-state index in [0.29, 0.717) is 21.9 Å². The van der Waals surface area contributed by atoms with E-state index >= 15 is 0 Å². The molecule has 3 aromatic heterocycles. The number of benzene rings is 3. The number of aliphatic hydroxyl groups is 1. The SMILES string of the molecule is C=CC1=CCc2cc(-c3cc(C)ccn3)ccc2O1.CC(=O)C=C(C)O.Cc1ccnc(-c2[c-]cc3oc4ccccc4c(=O)c3c2)c1.[Ir]. The maximum atomic E-state index is 12.6. The number of rotatable bonds is 4. The third-order valence-electron chi connectivity index (χ3n) is 7.34. The van der Waals surface area contributed by atoms with Gasteiger partial charge in [-0.2, -0.15) is 0 Å². The van der Waals surface area contributed by atoms with Crippen LogP contribution >= 0.6 is 0 Å². The van der Waals surface area contributed by atoms with E-state index in [-0.39, 0.29) is 37.1 Å². The zero-order valence-corrected chi connectivity index (χ0v) is 30.0. The van der Waals surface area contributed by atoms with Crippen LogP contribution in [0.15, 0.2) is 137 Å². The zero-order chi connectivity index (χ0) is 34.2. The molecule has 0 fully saturated rings. The number of allylic oxidation sites excluding steroid dienone is 4. The van der Waals surface area contributed by atoms with Crippen LogP contribution in [0.3, 0.4) is 0 Å². The van der Waals surface area contributed by atoms with Gasteiger partial charge < -0.3 is 19.2 Å². The third-order valence-corrected chi connectivity index (χ3v) is 7.34. The van der Waals surface area contributed by atoms with Crippen molar-refractivity contribution in [3.63, 3.8) is 0 Å². The summed E-state index contributed by atoms with van der Waals surface area (Å²) in [6, 6.07) is 28.1. The maximum Gasteiger partial charge on any atom is 0.182 e. The minimum atomic E-state index is -0.125. The number of hydrogen-bond acceptors (Lipinski definition) is 7. The Morgan fingerprint density at radius 3 is 2.24 bits per heavy atom. The fourth-order valence-electron chi connectivity index (χ4n) is 5.07. The molecule has 0 saturated heterocycles. The molecule has 0 bridgehead atoms. The summed E-state index contributed by atoms with van der Waals surface area (Å²) in [4.78, 5) is 31.4. The fraction of sp³-hybridized carbons (Fsp3) is 0.122. The van der Waals surface area contributed by atoms with E-state index in [1.54, 1.807) is 36.5 Å². The smallest absolute Gasteiger partial charge is 0.182 e. The first-order valence-electron chi connectivity index (χ1n) is 15.4. The number of aromatic nitrogens is 2. The summed E-state index contributed by atoms with van der Waals surface area (Å²) in [6.45, 7) is 10.7. The van der Waals surface area contributed by atoms with E-state index in [9.17, 15) is 9.59 Å². The van der Waals surface area contributed by atoms with Crippen molar-refractivity contribution in [3.05, 3.63) is 161 Å². The number of ketones is 1. The van der Waals surface area contributed by atoms with Gasteiger partial charge in [0.25, 0.3) is 0 Å². The van der Waals surface area contributed by atoms with Crippen molar-refractivity contribution in [1.82, 2.24) is 9.97 Å². The number of fused-ring (bicyclic) bond motifs is 3. The molecule has 1 radical (unpaired) electrons. The molecule has 3 aromatic carbocycles. The van der Waals surface area contributed by atoms with Gasteiger partial charge in [0.2, 0.25) is 0 Å². The van der Waals surface area contributed by atoms with Gasteiger partial charge in [0.1, 0.15) is 17.1 Å². The minimum absolute atomic E-state index is 0. The van der Waals surface area contributed by atoms with Crippen molar-refractivity contribution in [2.24, 2.45) is 0 Å². The number of hydrogen-bond donors (Lipinski definition) is 1. The molecule has 1 N–H and O–H groups in total. The Morgan fingerprint density at radius 2 is 1.59 bits per heavy atom. The second kappa shape index (κ2) is 16.6. The molecule has 7 nitrogen and oxygen atoms in total. The van der Waals surface area contributed by atoms with Gasteiger partial charge in [-0.05, 0) is 117 Å². The van der Waals surface area contributed by atoms with Crippen molar-refractivity contribution in [2.75, 3.05) is 0 Å². The molecule has 0 unspecified atom stereocenters. The summed E-state index contributed by atoms with van der Waals surface area (Å²) in [5.41, 5.74) is 8.34. The maximum absolute atomic E-state index is 12.6. The Balaban J connectivity index is 0.000000184. The molecular formula is C41H35IrN2O5-. The van der Waals surface area contributed by atoms with Crippen LogP contribution in [-0.2, 0) is 31.3 Å². The number of carbonyl (C=O) groups excluding carboxylic acids is 1. The molecule has 49 heavy (non-hydrogen) atoms. The van der Waals surface area contributed by atoms with E-state index in [1.807, 2.05) is 61.7 Å². The Kier molecular flexibility index (Phi) is 12.3. The summed E-state index contributed by atoms with van der Waals surface area (Å²) >= 11 is 0. The molecule has 8 heteroatoms. The Labute approximate surface area is 298 Å². The second-order valence-corrected chi connectivity index (χ2v) is 11.3. The summed E-state index contributed by atoms with van der Waals surface area (Å²) in [7, 11) is 0. The Bertz CT molecular complexity index is 2270. The molecule has 0 spiro atoms. The quantitative estimate of drug-likeness (QED) is 0.0819. The average molecular weight is 828 g/mol. The molecule has 0 saturated carbocycles. The minimum Gasteiger partial charge on any atom is -0.512 e. The number of pyridine rings is 2. The van der Waals surface area contributed by atoms with Crippen molar-refractivity contribution < 1.29 is 39.2 Å². The predicted molar refractivity (Wildman–Crippen MR) is 191 cm³/mol. The van der Waals surface area contributed by atoms with Gasteiger partial charge in [-0.1, -0.05) is 30.3 Å². The summed E-state index contributed by atoms with van der Waals surface area (Å²) < 4.78 is 11.5. The van der Waals surface area contributed by atoms with Crippen molar-refractivity contribution in [2.45, 2.75) is 34.1 Å². The predicted octanol–water partition coefficient (Wildman–Crippen LogP) is 9.21. The van der Waals surface area contributed by atoms with Crippen LogP contribution in [0.4, 0.5) is 0 Å². The van der Waals surface area contributed by atoms with Crippen molar-refractivity contribution in [3.8, 4) is 28.3 Å². The molecule has 1 aliphatic heterocycles. The van der Waals surface area contributed by atoms with Crippen LogP contribution in [0, 0.1) is 19.9 Å². The number of para-hydroxylation sites is 1. The molecule has 0 atom stereocenters. The molecule has 6 aromatic rings. The van der Waals surface area contributed by atoms with Crippen molar-refractivity contribution >= 4 is 27.7 Å². The van der Waals surface area contributed by atoms with E-state index in [4.69, 9.17) is 14.3 Å². The van der Waals surface area contributed by atoms with Gasteiger partial charge in [0.05, 0.1) is 22.4 Å². The zero-order valence-electron chi connectivity index (χ0n) is 27.6. The third kappa shape index (κ3) is 9.35. The first kappa shape index (κ1) is 36.4. The fourth-order valence-corrected chi connectivity index (χ4v) is 5.07. The molecule has 0 aliphatic carbocycles. The molecule has 1 aliphatic rings. The van der Waals surface area contributed by atoms with Crippen molar-refractivity contribution in [1.29, 1.82) is 0 Å². The largest absolute Gasteiger partial charge is 0.512 e. The van der Waals surface area contributed by atoms with Gasteiger partial charge in [0, 0.05) is 44.1 Å². The molecular weight excluding hydrogens is 793 g/mol. The number of ether oxygens (including phenoxy) is 1. The van der Waals surface area contributed by atoms with Crippen LogP contribution in [0.5, 0.6) is 5.75 Å². The first-order chi connectivity index (χ1) is 23.1. The molecule has 7 rings (SSSR count). The normalized spacial score (nSPS) is 11.8. The Hall–Kier alpha value is -5.43. The van der Waals surface area contributed by atoms with Crippen LogP contribution in [-0.4, -0.2) is 20.9 Å². The first-order valence-corrected chi connectivity index (χ1v) is 15.4. The summed E-state index contributed by atoms with van der Waals surface area (Å²) in [6.07, 6.45) is 9.42. The topological polar surface area (TPSA) is 103 Å². The summed E-state index contributed by atoms with van der Waals surface area (Å²) in [5.74, 6) is 1.68. The standard InChI is InChI=1S/C19H12NO2.C17H15NO.C5H8O2.Ir/c1-12-8-9-20-16(10-12)13-6-7-18-15(11-13)19(21)14-4-2-3-5-17(14)22-18;1-3-15-6-4-14-11-13(5-7-17(14)19-15)16-10-12(2)8-9-18-16;1-4(6)3-5(2)7;/h2-5,7-11H,1H3;3,5-11H,1,4H2,2H3;3,6H,1-2H3;/q-1;;;. The number of carbonyl (C=O) groups is 1. The molecule has 4 heterocycles. The van der Waals surface area contributed by atoms with Gasteiger partial charge in [-0.15, -0.1) is 23.8 Å². The van der Waals surface area contributed by atoms with Gasteiger partial charge in [0.15, 0.2) is 11.2 Å². The van der Waals surface area contributed by atoms with E-state index < -0.39 is 0 Å². The molecule has 0 amide bonds. The van der Waals surface area contributed by atoms with Gasteiger partial charge in [-0.25, -0.2) is 0 Å².